The van der Waals surface area contributed by atoms with Gasteiger partial charge in [-0.25, -0.2) is 21.6 Å². The third kappa shape index (κ3) is 21.9. The number of quaternary nitrogens is 1. The third-order valence-electron chi connectivity index (χ3n) is 6.01. The molecule has 0 radical (unpaired) electrons. The molecule has 41 heavy (non-hydrogen) atoms. The third-order valence-corrected chi connectivity index (χ3v) is 8.75. The molecule has 0 saturated heterocycles. The monoisotopic (exact) mass is 648 g/mol. The highest BCUT2D eigenvalue weighted by molar-refractivity contribution is 8.13. The highest BCUT2D eigenvalue weighted by atomic mass is 32.3. The highest BCUT2D eigenvalue weighted by Crippen LogP contribution is 2.36. The van der Waals surface area contributed by atoms with Crippen molar-refractivity contribution in [2.75, 3.05) is 33.8 Å². The molecular weight excluding hydrogens is 602 g/mol. The number of ether oxygens (including phenoxy) is 1. The number of carbonyl (C=O) groups is 1. The van der Waals surface area contributed by atoms with E-state index in [0.29, 0.717) is 6.61 Å². The van der Waals surface area contributed by atoms with Crippen molar-refractivity contribution in [2.45, 2.75) is 108 Å². The van der Waals surface area contributed by atoms with Crippen LogP contribution in [0.4, 0.5) is 26.3 Å². The fourth-order valence-corrected chi connectivity index (χ4v) is 5.22. The fourth-order valence-electron chi connectivity index (χ4n) is 3.51. The molecule has 0 atom stereocenters. The van der Waals surface area contributed by atoms with Crippen molar-refractivity contribution in [3.8, 4) is 0 Å². The smallest absolute Gasteiger partial charge is 0.457 e. The van der Waals surface area contributed by atoms with Crippen molar-refractivity contribution in [3.05, 3.63) is 16.8 Å². The molecule has 0 bridgehead atoms. The lowest BCUT2D eigenvalue weighted by Gasteiger charge is -2.29. The fraction of sp³-hybridized carbons (Fsp3) is 0.880. The average molecular weight is 649 g/mol. The number of unbranched alkanes of at least 4 members (excludes halogenated alkanes) is 13. The van der Waals surface area contributed by atoms with Gasteiger partial charge in [-0.05, 0) is 12.8 Å². The largest absolute Gasteiger partial charge is 0.480 e. The number of likely N-dealkylation sites (N-methyl/N-ethyl adjacent to an activating group) is 1. The van der Waals surface area contributed by atoms with Crippen molar-refractivity contribution in [1.29, 1.82) is 0 Å². The van der Waals surface area contributed by atoms with Crippen molar-refractivity contribution in [3.63, 3.8) is 0 Å². The van der Waals surface area contributed by atoms with Gasteiger partial charge < -0.3 is 13.3 Å². The molecule has 0 fully saturated rings. The van der Waals surface area contributed by atoms with Crippen LogP contribution in [0.5, 0.6) is 0 Å². The van der Waals surface area contributed by atoms with Crippen molar-refractivity contribution < 1.29 is 57.2 Å². The lowest BCUT2D eigenvalue weighted by atomic mass is 10.0. The van der Waals surface area contributed by atoms with Crippen LogP contribution in [0.2, 0.25) is 0 Å². The first-order chi connectivity index (χ1) is 18.7. The second-order valence-electron chi connectivity index (χ2n) is 10.3. The van der Waals surface area contributed by atoms with Crippen LogP contribution < -0.4 is 0 Å². The minimum atomic E-state index is -6.72. The first kappa shape index (κ1) is 41.7. The lowest BCUT2D eigenvalue weighted by molar-refractivity contribution is -0.890. The molecule has 0 spiro atoms. The number of halogens is 6. The van der Waals surface area contributed by atoms with Gasteiger partial charge in [0.1, 0.15) is 13.2 Å². The Bertz CT molecular complexity index is 895. The zero-order valence-corrected chi connectivity index (χ0v) is 25.9. The van der Waals surface area contributed by atoms with E-state index in [-0.39, 0.29) is 5.97 Å². The zero-order valence-electron chi connectivity index (χ0n) is 24.2. The maximum Gasteiger partial charge on any atom is 0.480 e. The summed E-state index contributed by atoms with van der Waals surface area (Å²) in [5.41, 5.74) is -12.4. The van der Waals surface area contributed by atoms with Crippen LogP contribution in [-0.4, -0.2) is 72.1 Å². The molecule has 0 aliphatic rings. The van der Waals surface area contributed by atoms with Crippen LogP contribution in [0.15, 0.2) is 12.7 Å². The van der Waals surface area contributed by atoms with Gasteiger partial charge in [0.15, 0.2) is 20.0 Å². The molecule has 0 aromatic carbocycles. The van der Waals surface area contributed by atoms with Gasteiger partial charge in [0.2, 0.25) is 0 Å². The van der Waals surface area contributed by atoms with Crippen LogP contribution in [0.25, 0.3) is 4.13 Å². The second-order valence-corrected chi connectivity index (χ2v) is 13.7. The Morgan fingerprint density at radius 3 is 1.37 bits per heavy atom. The summed E-state index contributed by atoms with van der Waals surface area (Å²) in [5.74, 6) is -0.318. The van der Waals surface area contributed by atoms with Crippen LogP contribution in [0, 0.1) is 0 Å². The van der Waals surface area contributed by atoms with Crippen LogP contribution in [0.1, 0.15) is 96.8 Å². The second kappa shape index (κ2) is 20.5. The number of carbonyl (C=O) groups excluding carboxylic acids is 1. The van der Waals surface area contributed by atoms with Gasteiger partial charge in [-0.2, -0.15) is 26.3 Å². The standard InChI is InChI=1S/C23H46NO2.C2F6NO4S2/c1-5-7-8-9-10-11-12-13-14-15-16-17-18-19-20-24(3,4)21-22-26-23(25)6-2;3-1(4,5)14(10,11)9-15(12,13)2(6,7)8/h6H,2,5,7-22H2,1,3-4H3;/q+1;-1. The molecule has 16 heteroatoms. The summed E-state index contributed by atoms with van der Waals surface area (Å²) >= 11 is 0. The molecule has 246 valence electrons. The summed E-state index contributed by atoms with van der Waals surface area (Å²) in [6.07, 6.45) is 20.8. The Balaban J connectivity index is 0. The minimum absolute atomic E-state index is 0.318. The molecule has 0 aliphatic carbocycles. The maximum atomic E-state index is 11.4. The van der Waals surface area contributed by atoms with Crippen LogP contribution >= 0.6 is 0 Å². The van der Waals surface area contributed by atoms with Crippen molar-refractivity contribution in [2.24, 2.45) is 0 Å². The van der Waals surface area contributed by atoms with E-state index in [4.69, 9.17) is 4.74 Å². The number of esters is 1. The number of hydrogen-bond donors (Lipinski definition) is 0. The predicted octanol–water partition coefficient (Wildman–Crippen LogP) is 7.33. The normalized spacial score (nSPS) is 12.9. The number of hydrogen-bond acceptors (Lipinski definition) is 6. The van der Waals surface area contributed by atoms with E-state index >= 15 is 0 Å². The summed E-state index contributed by atoms with van der Waals surface area (Å²) in [6, 6.07) is 0. The Hall–Kier alpha value is -1.39. The van der Waals surface area contributed by atoms with E-state index in [2.05, 4.69) is 27.6 Å². The molecule has 0 aliphatic heterocycles. The van der Waals surface area contributed by atoms with E-state index in [1.165, 1.54) is 96.0 Å². The summed E-state index contributed by atoms with van der Waals surface area (Å²) in [4.78, 5) is 11.0. The van der Waals surface area contributed by atoms with Crippen molar-refractivity contribution in [1.82, 2.24) is 0 Å². The summed E-state index contributed by atoms with van der Waals surface area (Å²) in [6.45, 7) is 8.21. The van der Waals surface area contributed by atoms with E-state index in [0.717, 1.165) is 21.7 Å². The topological polar surface area (TPSA) is 109 Å². The summed E-state index contributed by atoms with van der Waals surface area (Å²) < 4.78 is 115. The summed E-state index contributed by atoms with van der Waals surface area (Å²) in [7, 11) is -9.02. The van der Waals surface area contributed by atoms with Crippen molar-refractivity contribution >= 4 is 26.0 Å². The predicted molar refractivity (Wildman–Crippen MR) is 147 cm³/mol. The zero-order chi connectivity index (χ0) is 32.2. The lowest BCUT2D eigenvalue weighted by Crippen LogP contribution is -2.43. The van der Waals surface area contributed by atoms with Gasteiger partial charge in [0.25, 0.3) is 0 Å². The van der Waals surface area contributed by atoms with Gasteiger partial charge in [0, 0.05) is 6.08 Å². The quantitative estimate of drug-likeness (QED) is 0.0424. The Morgan fingerprint density at radius 1 is 0.707 bits per heavy atom. The molecule has 0 rings (SSSR count). The first-order valence-electron chi connectivity index (χ1n) is 13.7. The molecule has 0 N–H and O–H groups in total. The highest BCUT2D eigenvalue weighted by Gasteiger charge is 2.46. The molecule has 0 unspecified atom stereocenters. The summed E-state index contributed by atoms with van der Waals surface area (Å²) in [5, 5.41) is 0. The molecule has 8 nitrogen and oxygen atoms in total. The average Bonchev–Trinajstić information content (AvgIpc) is 2.82. The number of nitrogens with zero attached hydrogens (tertiary/aromatic N) is 2. The van der Waals surface area contributed by atoms with Gasteiger partial charge in [0.05, 0.1) is 20.6 Å². The Kier molecular flexibility index (Phi) is 20.9. The molecule has 0 heterocycles. The number of sulfonamides is 2. The number of rotatable bonds is 21. The molecule has 0 amide bonds. The van der Waals surface area contributed by atoms with E-state index in [9.17, 15) is 48.0 Å². The van der Waals surface area contributed by atoms with E-state index in [1.807, 2.05) is 0 Å². The first-order valence-corrected chi connectivity index (χ1v) is 16.6. The molecular formula is C25H46F6N2O6S2. The van der Waals surface area contributed by atoms with Gasteiger partial charge in [-0.1, -0.05) is 90.6 Å². The maximum absolute atomic E-state index is 11.4. The minimum Gasteiger partial charge on any atom is -0.457 e. The van der Waals surface area contributed by atoms with E-state index in [1.54, 1.807) is 0 Å². The van der Waals surface area contributed by atoms with Gasteiger partial charge in [-0.3, -0.25) is 0 Å². The number of alkyl halides is 6. The Labute approximate surface area is 241 Å². The SMILES string of the molecule is C=CC(=O)OCC[N+](C)(C)CCCCCCCCCCCCCCCC.O=S(=O)([N-]S(=O)(=O)C(F)(F)F)C(F)(F)F. The Morgan fingerprint density at radius 2 is 1.05 bits per heavy atom. The molecule has 0 saturated carbocycles. The van der Waals surface area contributed by atoms with Crippen LogP contribution in [0.3, 0.4) is 0 Å². The molecule has 0 aromatic heterocycles. The van der Waals surface area contributed by atoms with Gasteiger partial charge >= 0.3 is 17.0 Å². The van der Waals surface area contributed by atoms with Gasteiger partial charge in [-0.15, -0.1) is 0 Å². The van der Waals surface area contributed by atoms with E-state index < -0.39 is 31.1 Å². The van der Waals surface area contributed by atoms with Crippen LogP contribution in [-0.2, 0) is 29.6 Å². The molecule has 0 aromatic rings.